The second-order valence-electron chi connectivity index (χ2n) is 10.4. The summed E-state index contributed by atoms with van der Waals surface area (Å²) < 4.78 is 5.79. The summed E-state index contributed by atoms with van der Waals surface area (Å²) in [6.07, 6.45) is 1.87. The summed E-state index contributed by atoms with van der Waals surface area (Å²) in [6.45, 7) is 11.8. The van der Waals surface area contributed by atoms with Crippen molar-refractivity contribution in [1.29, 1.82) is 0 Å². The van der Waals surface area contributed by atoms with Crippen LogP contribution in [-0.2, 0) is 6.42 Å². The molecule has 170 valence electrons. The number of ether oxygens (including phenoxy) is 1. The first-order valence-electron chi connectivity index (χ1n) is 11.2. The molecule has 4 nitrogen and oxygen atoms in total. The number of nitrogens with one attached hydrogen (secondary N) is 1. The van der Waals surface area contributed by atoms with Crippen molar-refractivity contribution < 1.29 is 9.53 Å². The third kappa shape index (κ3) is 7.70. The fourth-order valence-corrected chi connectivity index (χ4v) is 4.09. The van der Waals surface area contributed by atoms with E-state index in [0.29, 0.717) is 11.5 Å². The Labute approximate surface area is 189 Å². The molecule has 0 unspecified atom stereocenters. The molecule has 0 bridgehead atoms. The summed E-state index contributed by atoms with van der Waals surface area (Å²) in [7, 11) is 5.80. The summed E-state index contributed by atoms with van der Waals surface area (Å²) in [5, 5.41) is 3.25. The number of carbonyl (C=O) groups excluding carboxylic acids is 1. The van der Waals surface area contributed by atoms with Crippen molar-refractivity contribution in [1.82, 2.24) is 10.2 Å². The summed E-state index contributed by atoms with van der Waals surface area (Å²) in [4.78, 5) is 15.2. The number of benzene rings is 2. The van der Waals surface area contributed by atoms with Gasteiger partial charge in [0.2, 0.25) is 0 Å². The van der Waals surface area contributed by atoms with E-state index in [0.717, 1.165) is 36.3 Å². The Hall–Kier alpha value is -2.33. The average molecular weight is 425 g/mol. The largest absolute Gasteiger partial charge is 0.496 e. The number of likely N-dealkylation sites (N-methyl/N-ethyl adjacent to an activating group) is 1. The molecule has 4 heteroatoms. The van der Waals surface area contributed by atoms with Crippen LogP contribution in [0.5, 0.6) is 5.75 Å². The molecule has 0 fully saturated rings. The molecule has 0 spiro atoms. The molecular formula is C27H40N2O2. The first kappa shape index (κ1) is 24.9. The normalized spacial score (nSPS) is 12.8. The summed E-state index contributed by atoms with van der Waals surface area (Å²) in [6, 6.07) is 14.2. The first-order valence-corrected chi connectivity index (χ1v) is 11.2. The Morgan fingerprint density at radius 1 is 1.10 bits per heavy atom. The summed E-state index contributed by atoms with van der Waals surface area (Å²) in [5.74, 6) is 1.40. The van der Waals surface area contributed by atoms with Crippen LogP contribution in [0.2, 0.25) is 0 Å². The van der Waals surface area contributed by atoms with Crippen molar-refractivity contribution >= 4 is 5.91 Å². The predicted octanol–water partition coefficient (Wildman–Crippen LogP) is 5.66. The lowest BCUT2D eigenvalue weighted by molar-refractivity contribution is 0.0917. The molecule has 1 atom stereocenters. The Bertz CT molecular complexity index is 866. The zero-order valence-corrected chi connectivity index (χ0v) is 20.6. The van der Waals surface area contributed by atoms with E-state index in [2.05, 4.69) is 63.0 Å². The van der Waals surface area contributed by atoms with E-state index in [1.165, 1.54) is 5.56 Å². The highest BCUT2D eigenvalue weighted by Crippen LogP contribution is 2.34. The summed E-state index contributed by atoms with van der Waals surface area (Å²) in [5.41, 5.74) is 4.03. The molecule has 2 aromatic carbocycles. The monoisotopic (exact) mass is 424 g/mol. The van der Waals surface area contributed by atoms with Crippen LogP contribution in [0.4, 0.5) is 0 Å². The molecule has 0 heterocycles. The third-order valence-electron chi connectivity index (χ3n) is 5.14. The molecule has 0 saturated carbocycles. The molecule has 1 amide bonds. The minimum Gasteiger partial charge on any atom is -0.496 e. The minimum absolute atomic E-state index is 0.0322. The molecule has 0 aliphatic rings. The number of nitrogens with zero attached hydrogens (tertiary/aromatic N) is 1. The van der Waals surface area contributed by atoms with Crippen molar-refractivity contribution in [3.8, 4) is 16.9 Å². The van der Waals surface area contributed by atoms with Gasteiger partial charge in [0.25, 0.3) is 5.91 Å². The van der Waals surface area contributed by atoms with E-state index < -0.39 is 0 Å². The second kappa shape index (κ2) is 10.8. The van der Waals surface area contributed by atoms with Gasteiger partial charge in [-0.25, -0.2) is 0 Å². The highest BCUT2D eigenvalue weighted by molar-refractivity contribution is 5.96. The van der Waals surface area contributed by atoms with Crippen LogP contribution < -0.4 is 10.1 Å². The fourth-order valence-electron chi connectivity index (χ4n) is 4.09. The molecule has 0 saturated heterocycles. The Balaban J connectivity index is 2.31. The van der Waals surface area contributed by atoms with Gasteiger partial charge in [0, 0.05) is 23.7 Å². The topological polar surface area (TPSA) is 41.6 Å². The SMILES string of the molecule is COc1c(CC(C)C)cccc1-c1cccc(C(=O)N[C@@H](CN(C)C)CC(C)(C)C)c1. The van der Waals surface area contributed by atoms with Gasteiger partial charge in [-0.3, -0.25) is 4.79 Å². The standard InChI is InChI=1S/C27H40N2O2/c1-19(2)15-21-12-10-14-24(25(21)31-8)20-11-9-13-22(16-20)26(30)28-23(18-29(6)7)17-27(3,4)5/h9-14,16,19,23H,15,17-18H2,1-8H3,(H,28,30)/t23-/m1/s1. The maximum Gasteiger partial charge on any atom is 0.251 e. The number of para-hydroxylation sites is 1. The molecule has 0 aliphatic carbocycles. The molecule has 0 aromatic heterocycles. The lowest BCUT2D eigenvalue weighted by Gasteiger charge is -2.29. The molecular weight excluding hydrogens is 384 g/mol. The van der Waals surface area contributed by atoms with Crippen LogP contribution in [-0.4, -0.2) is 44.6 Å². The van der Waals surface area contributed by atoms with Gasteiger partial charge in [-0.1, -0.05) is 65.0 Å². The van der Waals surface area contributed by atoms with Crippen LogP contribution in [0.1, 0.15) is 57.0 Å². The highest BCUT2D eigenvalue weighted by Gasteiger charge is 2.22. The minimum atomic E-state index is -0.0322. The van der Waals surface area contributed by atoms with Gasteiger partial charge in [0.05, 0.1) is 7.11 Å². The van der Waals surface area contributed by atoms with Crippen molar-refractivity contribution in [3.05, 3.63) is 53.6 Å². The maximum absolute atomic E-state index is 13.1. The molecule has 0 aliphatic heterocycles. The van der Waals surface area contributed by atoms with Crippen LogP contribution in [0.25, 0.3) is 11.1 Å². The number of carbonyl (C=O) groups is 1. The van der Waals surface area contributed by atoms with Crippen LogP contribution >= 0.6 is 0 Å². The smallest absolute Gasteiger partial charge is 0.251 e. The van der Waals surface area contributed by atoms with Gasteiger partial charge >= 0.3 is 0 Å². The Kier molecular flexibility index (Phi) is 8.69. The van der Waals surface area contributed by atoms with E-state index in [1.54, 1.807) is 7.11 Å². The summed E-state index contributed by atoms with van der Waals surface area (Å²) >= 11 is 0. The molecule has 2 aromatic rings. The van der Waals surface area contributed by atoms with E-state index in [9.17, 15) is 4.79 Å². The van der Waals surface area contributed by atoms with Crippen LogP contribution in [0.3, 0.4) is 0 Å². The van der Waals surface area contributed by atoms with Crippen molar-refractivity contribution in [2.75, 3.05) is 27.7 Å². The lowest BCUT2D eigenvalue weighted by atomic mass is 9.87. The van der Waals surface area contributed by atoms with E-state index >= 15 is 0 Å². The van der Waals surface area contributed by atoms with Gasteiger partial charge < -0.3 is 15.0 Å². The number of hydrogen-bond acceptors (Lipinski definition) is 3. The lowest BCUT2D eigenvalue weighted by Crippen LogP contribution is -2.43. The van der Waals surface area contributed by atoms with Crippen LogP contribution in [0.15, 0.2) is 42.5 Å². The number of amides is 1. The van der Waals surface area contributed by atoms with Gasteiger partial charge in [-0.2, -0.15) is 0 Å². The van der Waals surface area contributed by atoms with Gasteiger partial charge in [0.1, 0.15) is 5.75 Å². The maximum atomic E-state index is 13.1. The number of rotatable bonds is 9. The van der Waals surface area contributed by atoms with Gasteiger partial charge in [-0.15, -0.1) is 0 Å². The van der Waals surface area contributed by atoms with E-state index in [-0.39, 0.29) is 17.4 Å². The van der Waals surface area contributed by atoms with Crippen molar-refractivity contribution in [2.45, 2.75) is 53.5 Å². The van der Waals surface area contributed by atoms with E-state index in [4.69, 9.17) is 4.74 Å². The molecule has 1 N–H and O–H groups in total. The zero-order valence-electron chi connectivity index (χ0n) is 20.6. The third-order valence-corrected chi connectivity index (χ3v) is 5.14. The molecule has 31 heavy (non-hydrogen) atoms. The zero-order chi connectivity index (χ0) is 23.2. The average Bonchev–Trinajstić information content (AvgIpc) is 2.65. The Morgan fingerprint density at radius 2 is 1.77 bits per heavy atom. The van der Waals surface area contributed by atoms with E-state index in [1.807, 2.05) is 38.4 Å². The van der Waals surface area contributed by atoms with Crippen LogP contribution in [0, 0.1) is 11.3 Å². The highest BCUT2D eigenvalue weighted by atomic mass is 16.5. The second-order valence-corrected chi connectivity index (χ2v) is 10.4. The number of methoxy groups -OCH3 is 1. The van der Waals surface area contributed by atoms with Crippen molar-refractivity contribution in [3.63, 3.8) is 0 Å². The predicted molar refractivity (Wildman–Crippen MR) is 131 cm³/mol. The van der Waals surface area contributed by atoms with Crippen molar-refractivity contribution in [2.24, 2.45) is 11.3 Å². The molecule has 2 rings (SSSR count). The Morgan fingerprint density at radius 3 is 2.35 bits per heavy atom. The van der Waals surface area contributed by atoms with Gasteiger partial charge in [-0.05, 0) is 61.5 Å². The van der Waals surface area contributed by atoms with Gasteiger partial charge in [0.15, 0.2) is 0 Å². The fraction of sp³-hybridized carbons (Fsp3) is 0.519. The molecule has 0 radical (unpaired) electrons. The first-order chi connectivity index (χ1) is 14.5. The number of hydrogen-bond donors (Lipinski definition) is 1. The quantitative estimate of drug-likeness (QED) is 0.565.